The number of methoxy groups -OCH3 is 1. The van der Waals surface area contributed by atoms with Crippen molar-refractivity contribution in [3.05, 3.63) is 95.1 Å². The molecule has 3 rings (SSSR count). The lowest BCUT2D eigenvalue weighted by Crippen LogP contribution is -2.37. The number of aryl methyl sites for hydroxylation is 1. The van der Waals surface area contributed by atoms with Gasteiger partial charge in [0, 0.05) is 13.1 Å². The van der Waals surface area contributed by atoms with Crippen LogP contribution in [-0.2, 0) is 22.6 Å². The summed E-state index contributed by atoms with van der Waals surface area (Å²) in [5.41, 5.74) is 3.64. The number of hydrogen-bond acceptors (Lipinski definition) is 4. The summed E-state index contributed by atoms with van der Waals surface area (Å²) < 4.78 is 5.12. The minimum atomic E-state index is -0.830. The molecule has 7 heteroatoms. The average molecular weight is 446 g/mol. The zero-order valence-electron chi connectivity index (χ0n) is 18.7. The number of anilines is 1. The molecule has 0 saturated heterocycles. The van der Waals surface area contributed by atoms with E-state index in [1.807, 2.05) is 55.5 Å². The highest BCUT2D eigenvalue weighted by Crippen LogP contribution is 2.16. The average Bonchev–Trinajstić information content (AvgIpc) is 2.84. The summed E-state index contributed by atoms with van der Waals surface area (Å²) in [6.45, 7) is 2.64. The van der Waals surface area contributed by atoms with Crippen LogP contribution in [0.2, 0.25) is 0 Å². The van der Waals surface area contributed by atoms with Crippen molar-refractivity contribution in [2.45, 2.75) is 19.9 Å². The largest absolute Gasteiger partial charge is 0.497 e. The molecule has 170 valence electrons. The van der Waals surface area contributed by atoms with Crippen LogP contribution in [0.4, 0.5) is 5.69 Å². The van der Waals surface area contributed by atoms with Crippen LogP contribution in [0.5, 0.6) is 5.75 Å². The Bertz CT molecular complexity index is 1130. The Hall–Kier alpha value is -4.13. The van der Waals surface area contributed by atoms with Gasteiger partial charge in [-0.1, -0.05) is 48.5 Å². The van der Waals surface area contributed by atoms with Crippen LogP contribution < -0.4 is 20.7 Å². The standard InChI is InChI=1S/C26H27N3O4/c1-18-7-3-4-8-20(18)17-28-24(30)22-9-5-6-10-23(22)29-26(32)25(31)27-16-15-19-11-13-21(33-2)14-12-19/h3-14H,15-17H2,1-2H3,(H,27,31)(H,28,30)(H,29,32). The first-order chi connectivity index (χ1) is 16.0. The summed E-state index contributed by atoms with van der Waals surface area (Å²) >= 11 is 0. The van der Waals surface area contributed by atoms with E-state index in [0.717, 1.165) is 22.4 Å². The number of hydrogen-bond donors (Lipinski definition) is 3. The van der Waals surface area contributed by atoms with E-state index in [1.54, 1.807) is 31.4 Å². The zero-order chi connectivity index (χ0) is 23.6. The molecular formula is C26H27N3O4. The fraction of sp³-hybridized carbons (Fsp3) is 0.192. The second kappa shape index (κ2) is 11.5. The van der Waals surface area contributed by atoms with Crippen LogP contribution in [0.25, 0.3) is 0 Å². The quantitative estimate of drug-likeness (QED) is 0.464. The van der Waals surface area contributed by atoms with E-state index < -0.39 is 11.8 Å². The minimum absolute atomic E-state index is 0.273. The zero-order valence-corrected chi connectivity index (χ0v) is 18.7. The van der Waals surface area contributed by atoms with Crippen LogP contribution in [-0.4, -0.2) is 31.4 Å². The van der Waals surface area contributed by atoms with Gasteiger partial charge in [0.1, 0.15) is 5.75 Å². The van der Waals surface area contributed by atoms with Gasteiger partial charge in [-0.25, -0.2) is 0 Å². The van der Waals surface area contributed by atoms with E-state index in [1.165, 1.54) is 0 Å². The van der Waals surface area contributed by atoms with E-state index in [2.05, 4.69) is 16.0 Å². The molecule has 0 aliphatic heterocycles. The minimum Gasteiger partial charge on any atom is -0.497 e. The summed E-state index contributed by atoms with van der Waals surface area (Å²) in [5, 5.41) is 7.99. The Morgan fingerprint density at radius 3 is 2.24 bits per heavy atom. The highest BCUT2D eigenvalue weighted by atomic mass is 16.5. The predicted octanol–water partition coefficient (Wildman–Crippen LogP) is 3.23. The third-order valence-corrected chi connectivity index (χ3v) is 5.19. The number of benzene rings is 3. The van der Waals surface area contributed by atoms with Gasteiger partial charge in [-0.3, -0.25) is 14.4 Å². The third-order valence-electron chi connectivity index (χ3n) is 5.19. The smallest absolute Gasteiger partial charge is 0.313 e. The number of carbonyl (C=O) groups is 3. The fourth-order valence-corrected chi connectivity index (χ4v) is 3.24. The molecule has 0 aliphatic carbocycles. The molecule has 0 saturated carbocycles. The van der Waals surface area contributed by atoms with Crippen molar-refractivity contribution in [3.8, 4) is 5.75 Å². The number of amides is 3. The molecule has 33 heavy (non-hydrogen) atoms. The first kappa shape index (κ1) is 23.5. The van der Waals surface area contributed by atoms with E-state index in [-0.39, 0.29) is 17.2 Å². The summed E-state index contributed by atoms with van der Waals surface area (Å²) in [4.78, 5) is 37.3. The van der Waals surface area contributed by atoms with E-state index >= 15 is 0 Å². The first-order valence-electron chi connectivity index (χ1n) is 10.6. The van der Waals surface area contributed by atoms with Gasteiger partial charge in [0.25, 0.3) is 5.91 Å². The molecule has 3 aromatic carbocycles. The third kappa shape index (κ3) is 6.67. The predicted molar refractivity (Wildman–Crippen MR) is 127 cm³/mol. The molecular weight excluding hydrogens is 418 g/mol. The van der Waals surface area contributed by atoms with Crippen molar-refractivity contribution in [1.82, 2.24) is 10.6 Å². The maximum absolute atomic E-state index is 12.7. The van der Waals surface area contributed by atoms with Crippen LogP contribution >= 0.6 is 0 Å². The number of rotatable bonds is 8. The van der Waals surface area contributed by atoms with Gasteiger partial charge in [0.05, 0.1) is 18.4 Å². The van der Waals surface area contributed by atoms with Gasteiger partial charge in [0.2, 0.25) is 0 Å². The number of nitrogens with one attached hydrogen (secondary N) is 3. The van der Waals surface area contributed by atoms with Gasteiger partial charge >= 0.3 is 11.8 Å². The van der Waals surface area contributed by atoms with Crippen molar-refractivity contribution < 1.29 is 19.1 Å². The van der Waals surface area contributed by atoms with Crippen molar-refractivity contribution in [2.24, 2.45) is 0 Å². The van der Waals surface area contributed by atoms with Gasteiger partial charge in [-0.2, -0.15) is 0 Å². The van der Waals surface area contributed by atoms with Crippen LogP contribution in [0, 0.1) is 6.92 Å². The molecule has 3 aromatic rings. The Morgan fingerprint density at radius 2 is 1.52 bits per heavy atom. The van der Waals surface area contributed by atoms with E-state index in [9.17, 15) is 14.4 Å². The molecule has 3 amide bonds. The molecule has 0 unspecified atom stereocenters. The van der Waals surface area contributed by atoms with Crippen molar-refractivity contribution in [3.63, 3.8) is 0 Å². The van der Waals surface area contributed by atoms with Crippen molar-refractivity contribution in [1.29, 1.82) is 0 Å². The molecule has 0 aromatic heterocycles. The molecule has 0 radical (unpaired) electrons. The highest BCUT2D eigenvalue weighted by molar-refractivity contribution is 6.40. The number of para-hydroxylation sites is 1. The van der Waals surface area contributed by atoms with Crippen molar-refractivity contribution >= 4 is 23.4 Å². The monoisotopic (exact) mass is 445 g/mol. The van der Waals surface area contributed by atoms with Crippen LogP contribution in [0.1, 0.15) is 27.0 Å². The lowest BCUT2D eigenvalue weighted by atomic mass is 10.1. The van der Waals surface area contributed by atoms with Crippen LogP contribution in [0.3, 0.4) is 0 Å². The molecule has 7 nitrogen and oxygen atoms in total. The van der Waals surface area contributed by atoms with Gasteiger partial charge < -0.3 is 20.7 Å². The van der Waals surface area contributed by atoms with Gasteiger partial charge in [0.15, 0.2) is 0 Å². The Morgan fingerprint density at radius 1 is 0.818 bits per heavy atom. The molecule has 0 bridgehead atoms. The molecule has 3 N–H and O–H groups in total. The summed E-state index contributed by atoms with van der Waals surface area (Å²) in [5.74, 6) is -1.18. The molecule has 0 aliphatic rings. The summed E-state index contributed by atoms with van der Waals surface area (Å²) in [6, 6.07) is 21.8. The molecule has 0 spiro atoms. The Balaban J connectivity index is 1.54. The Kier molecular flexibility index (Phi) is 8.18. The van der Waals surface area contributed by atoms with Gasteiger partial charge in [-0.15, -0.1) is 0 Å². The first-order valence-corrected chi connectivity index (χ1v) is 10.6. The molecule has 0 heterocycles. The second-order valence-electron chi connectivity index (χ2n) is 7.46. The van der Waals surface area contributed by atoms with Gasteiger partial charge in [-0.05, 0) is 54.3 Å². The lowest BCUT2D eigenvalue weighted by Gasteiger charge is -2.12. The Labute approximate surface area is 193 Å². The van der Waals surface area contributed by atoms with Crippen molar-refractivity contribution in [2.75, 3.05) is 19.0 Å². The topological polar surface area (TPSA) is 96.5 Å². The van der Waals surface area contributed by atoms with E-state index in [4.69, 9.17) is 4.74 Å². The molecule has 0 atom stereocenters. The highest BCUT2D eigenvalue weighted by Gasteiger charge is 2.17. The summed E-state index contributed by atoms with van der Waals surface area (Å²) in [7, 11) is 1.60. The maximum Gasteiger partial charge on any atom is 0.313 e. The fourth-order valence-electron chi connectivity index (χ4n) is 3.24. The number of ether oxygens (including phenoxy) is 1. The SMILES string of the molecule is COc1ccc(CCNC(=O)C(=O)Nc2ccccc2C(=O)NCc2ccccc2C)cc1. The summed E-state index contributed by atoms with van der Waals surface area (Å²) in [6.07, 6.45) is 0.570. The lowest BCUT2D eigenvalue weighted by molar-refractivity contribution is -0.136. The number of carbonyl (C=O) groups excluding carboxylic acids is 3. The van der Waals surface area contributed by atoms with Crippen LogP contribution in [0.15, 0.2) is 72.8 Å². The maximum atomic E-state index is 12.7. The van der Waals surface area contributed by atoms with E-state index in [0.29, 0.717) is 19.5 Å². The normalized spacial score (nSPS) is 10.2. The second-order valence-corrected chi connectivity index (χ2v) is 7.46. The molecule has 0 fully saturated rings.